The molecule has 0 radical (unpaired) electrons. The first kappa shape index (κ1) is 12.1. The highest BCUT2D eigenvalue weighted by Gasteiger charge is 2.18. The molecule has 0 unspecified atom stereocenters. The number of rotatable bonds is 3. The molecule has 0 bridgehead atoms. The van der Waals surface area contributed by atoms with E-state index in [1.165, 1.54) is 6.07 Å². The summed E-state index contributed by atoms with van der Waals surface area (Å²) >= 11 is 0. The van der Waals surface area contributed by atoms with Gasteiger partial charge in [-0.1, -0.05) is 0 Å². The molecule has 1 aliphatic rings. The van der Waals surface area contributed by atoms with Crippen LogP contribution in [0.2, 0.25) is 0 Å². The molecule has 1 aliphatic heterocycles. The van der Waals surface area contributed by atoms with Crippen LogP contribution in [0.25, 0.3) is 0 Å². The van der Waals surface area contributed by atoms with Crippen LogP contribution in [0.3, 0.4) is 0 Å². The van der Waals surface area contributed by atoms with E-state index in [9.17, 15) is 8.78 Å². The van der Waals surface area contributed by atoms with Gasteiger partial charge in [0.2, 0.25) is 0 Å². The number of hydrogen-bond acceptors (Lipinski definition) is 6. The number of nitrogens with two attached hydrogens (primary N) is 2. The number of nitrogens with zero attached hydrogens (tertiary/aromatic N) is 3. The molecule has 5 N–H and O–H groups in total. The summed E-state index contributed by atoms with van der Waals surface area (Å²) in [7, 11) is 0. The van der Waals surface area contributed by atoms with E-state index in [4.69, 9.17) is 11.5 Å². The van der Waals surface area contributed by atoms with Crippen molar-refractivity contribution < 1.29 is 8.78 Å². The summed E-state index contributed by atoms with van der Waals surface area (Å²) < 4.78 is 25.6. The van der Waals surface area contributed by atoms with Gasteiger partial charge in [0.15, 0.2) is 23.2 Å². The third-order valence-electron chi connectivity index (χ3n) is 2.20. The van der Waals surface area contributed by atoms with Crippen LogP contribution >= 0.6 is 0 Å². The van der Waals surface area contributed by atoms with Gasteiger partial charge >= 0.3 is 0 Å². The van der Waals surface area contributed by atoms with Crippen LogP contribution in [0.1, 0.15) is 0 Å². The molecule has 6 nitrogen and oxygen atoms in total. The summed E-state index contributed by atoms with van der Waals surface area (Å²) in [6.07, 6.45) is 0. The zero-order valence-corrected chi connectivity index (χ0v) is 9.19. The molecule has 0 aromatic heterocycles. The van der Waals surface area contributed by atoms with Crippen LogP contribution in [-0.4, -0.2) is 23.8 Å². The standard InChI is InChI=1S/C10H10F2N6/c11-6-2-1-5(3-7(6)12)15-17-9-8(4-13)16-18-10(9)14/h1-3,15H,4,13H2,(H2,14,17,18). The third kappa shape index (κ3) is 2.33. The first-order valence-electron chi connectivity index (χ1n) is 5.01. The van der Waals surface area contributed by atoms with Crippen LogP contribution in [0.15, 0.2) is 33.5 Å². The van der Waals surface area contributed by atoms with E-state index < -0.39 is 11.6 Å². The SMILES string of the molecule is NCC1=NN=C(N)/C1=N/Nc1ccc(F)c(F)c1. The average Bonchev–Trinajstić information content (AvgIpc) is 2.71. The van der Waals surface area contributed by atoms with Crippen molar-refractivity contribution in [1.29, 1.82) is 0 Å². The molecule has 0 aliphatic carbocycles. The Kier molecular flexibility index (Phi) is 3.28. The van der Waals surface area contributed by atoms with Crippen LogP contribution < -0.4 is 16.9 Å². The Bertz CT molecular complexity index is 563. The summed E-state index contributed by atoms with van der Waals surface area (Å²) in [5.74, 6) is -1.79. The maximum absolute atomic E-state index is 12.9. The minimum atomic E-state index is -0.971. The fraction of sp³-hybridized carbons (Fsp3) is 0.100. The zero-order chi connectivity index (χ0) is 13.1. The minimum Gasteiger partial charge on any atom is -0.380 e. The van der Waals surface area contributed by atoms with Gasteiger partial charge in [-0.2, -0.15) is 5.10 Å². The molecule has 2 rings (SSSR count). The topological polar surface area (TPSA) is 101 Å². The van der Waals surface area contributed by atoms with Gasteiger partial charge in [0.1, 0.15) is 5.71 Å². The van der Waals surface area contributed by atoms with E-state index >= 15 is 0 Å². The maximum Gasteiger partial charge on any atom is 0.175 e. The Morgan fingerprint density at radius 1 is 1.22 bits per heavy atom. The van der Waals surface area contributed by atoms with Crippen molar-refractivity contribution in [2.75, 3.05) is 12.0 Å². The number of halogens is 2. The molecular formula is C10H10F2N6. The number of nitrogens with one attached hydrogen (secondary N) is 1. The van der Waals surface area contributed by atoms with E-state index in [0.29, 0.717) is 11.4 Å². The highest BCUT2D eigenvalue weighted by molar-refractivity contribution is 6.69. The average molecular weight is 252 g/mol. The molecule has 18 heavy (non-hydrogen) atoms. The lowest BCUT2D eigenvalue weighted by Crippen LogP contribution is -2.32. The van der Waals surface area contributed by atoms with Gasteiger partial charge in [-0.3, -0.25) is 5.43 Å². The third-order valence-corrected chi connectivity index (χ3v) is 2.20. The van der Waals surface area contributed by atoms with Crippen molar-refractivity contribution in [3.8, 4) is 0 Å². The largest absolute Gasteiger partial charge is 0.380 e. The predicted octanol–water partition coefficient (Wildman–Crippen LogP) is 0.418. The van der Waals surface area contributed by atoms with Gasteiger partial charge in [0.05, 0.1) is 5.69 Å². The van der Waals surface area contributed by atoms with Crippen molar-refractivity contribution >= 4 is 22.9 Å². The van der Waals surface area contributed by atoms with Crippen molar-refractivity contribution in [3.63, 3.8) is 0 Å². The minimum absolute atomic E-state index is 0.116. The second-order valence-electron chi connectivity index (χ2n) is 3.44. The lowest BCUT2D eigenvalue weighted by molar-refractivity contribution is 0.509. The second-order valence-corrected chi connectivity index (χ2v) is 3.44. The Labute approximate surface area is 101 Å². The highest BCUT2D eigenvalue weighted by Crippen LogP contribution is 2.13. The van der Waals surface area contributed by atoms with Crippen LogP contribution in [-0.2, 0) is 0 Å². The van der Waals surface area contributed by atoms with Crippen molar-refractivity contribution in [2.24, 2.45) is 26.8 Å². The first-order valence-corrected chi connectivity index (χ1v) is 5.01. The lowest BCUT2D eigenvalue weighted by Gasteiger charge is -2.03. The Morgan fingerprint density at radius 2 is 2.00 bits per heavy atom. The summed E-state index contributed by atoms with van der Waals surface area (Å²) in [6.45, 7) is 0.127. The van der Waals surface area contributed by atoms with Gasteiger partial charge in [-0.25, -0.2) is 8.78 Å². The summed E-state index contributed by atoms with van der Waals surface area (Å²) in [5, 5.41) is 11.2. The monoisotopic (exact) mass is 252 g/mol. The number of amidine groups is 1. The van der Waals surface area contributed by atoms with E-state index in [0.717, 1.165) is 12.1 Å². The molecule has 1 heterocycles. The van der Waals surface area contributed by atoms with E-state index in [2.05, 4.69) is 20.7 Å². The molecule has 8 heteroatoms. The highest BCUT2D eigenvalue weighted by atomic mass is 19.2. The van der Waals surface area contributed by atoms with Crippen LogP contribution in [0.4, 0.5) is 14.5 Å². The normalized spacial score (nSPS) is 16.7. The summed E-state index contributed by atoms with van der Waals surface area (Å²) in [6, 6.07) is 3.30. The quantitative estimate of drug-likeness (QED) is 0.679. The molecule has 0 spiro atoms. The summed E-state index contributed by atoms with van der Waals surface area (Å²) in [5.41, 5.74) is 14.5. The fourth-order valence-corrected chi connectivity index (χ4v) is 1.30. The Hall–Kier alpha value is -2.35. The Morgan fingerprint density at radius 3 is 2.67 bits per heavy atom. The van der Waals surface area contributed by atoms with Crippen LogP contribution in [0, 0.1) is 11.6 Å². The molecule has 0 saturated heterocycles. The predicted molar refractivity (Wildman–Crippen MR) is 65.5 cm³/mol. The lowest BCUT2D eigenvalue weighted by atomic mass is 10.2. The van der Waals surface area contributed by atoms with Crippen LogP contribution in [0.5, 0.6) is 0 Å². The van der Waals surface area contributed by atoms with Crippen molar-refractivity contribution in [1.82, 2.24) is 0 Å². The molecule has 0 fully saturated rings. The second kappa shape index (κ2) is 4.88. The summed E-state index contributed by atoms with van der Waals surface area (Å²) in [4.78, 5) is 0. The van der Waals surface area contributed by atoms with Gasteiger partial charge in [-0.15, -0.1) is 10.2 Å². The van der Waals surface area contributed by atoms with Crippen molar-refractivity contribution in [3.05, 3.63) is 29.8 Å². The molecular weight excluding hydrogens is 242 g/mol. The smallest absolute Gasteiger partial charge is 0.175 e. The fourth-order valence-electron chi connectivity index (χ4n) is 1.30. The van der Waals surface area contributed by atoms with E-state index in [-0.39, 0.29) is 18.1 Å². The first-order chi connectivity index (χ1) is 8.61. The number of hydrogen-bond donors (Lipinski definition) is 3. The molecule has 1 aromatic carbocycles. The number of benzene rings is 1. The van der Waals surface area contributed by atoms with E-state index in [1.54, 1.807) is 0 Å². The van der Waals surface area contributed by atoms with Crippen molar-refractivity contribution in [2.45, 2.75) is 0 Å². The molecule has 0 saturated carbocycles. The number of anilines is 1. The molecule has 1 aromatic rings. The van der Waals surface area contributed by atoms with Gasteiger partial charge in [-0.05, 0) is 12.1 Å². The van der Waals surface area contributed by atoms with Gasteiger partial charge in [0.25, 0.3) is 0 Å². The molecule has 0 atom stereocenters. The molecule has 0 amide bonds. The van der Waals surface area contributed by atoms with Gasteiger partial charge in [0, 0.05) is 12.6 Å². The van der Waals surface area contributed by atoms with Gasteiger partial charge < -0.3 is 11.5 Å². The van der Waals surface area contributed by atoms with E-state index in [1.807, 2.05) is 0 Å². The molecule has 94 valence electrons. The Balaban J connectivity index is 2.17. The maximum atomic E-state index is 12.9. The number of hydrazone groups is 1. The zero-order valence-electron chi connectivity index (χ0n) is 9.19.